The zero-order valence-electron chi connectivity index (χ0n) is 18.0. The molecular weight excluding hydrogens is 383 g/mol. The van der Waals surface area contributed by atoms with E-state index in [1.54, 1.807) is 12.3 Å². The van der Waals surface area contributed by atoms with Gasteiger partial charge in [0.25, 0.3) is 0 Å². The van der Waals surface area contributed by atoms with Crippen LogP contribution in [0.3, 0.4) is 0 Å². The number of benzene rings is 1. The molecule has 0 radical (unpaired) electrons. The first kappa shape index (κ1) is 21.7. The maximum Gasteiger partial charge on any atom is 0.211 e. The molecule has 2 aromatic rings. The summed E-state index contributed by atoms with van der Waals surface area (Å²) in [6, 6.07) is 9.38. The molecule has 2 heterocycles. The summed E-state index contributed by atoms with van der Waals surface area (Å²) in [5.41, 5.74) is 4.13. The fourth-order valence-electron chi connectivity index (χ4n) is 3.50. The molecule has 0 aliphatic carbocycles. The fraction of sp³-hybridized carbons (Fsp3) is 0.478. The minimum absolute atomic E-state index is 0.0438. The Morgan fingerprint density at radius 1 is 1.28 bits per heavy atom. The van der Waals surface area contributed by atoms with Gasteiger partial charge in [-0.25, -0.2) is 0 Å². The van der Waals surface area contributed by atoms with Crippen molar-refractivity contribution in [3.8, 4) is 5.75 Å². The fourth-order valence-corrected chi connectivity index (χ4v) is 6.40. The van der Waals surface area contributed by atoms with Crippen LogP contribution in [-0.2, 0) is 15.5 Å². The zero-order chi connectivity index (χ0) is 21.2. The monoisotopic (exact) mass is 414 g/mol. The summed E-state index contributed by atoms with van der Waals surface area (Å²) < 4.78 is 19.8. The molecule has 1 fully saturated rings. The van der Waals surface area contributed by atoms with Crippen LogP contribution in [0.15, 0.2) is 35.3 Å². The Morgan fingerprint density at radius 2 is 2.03 bits per heavy atom. The molecule has 0 spiro atoms. The van der Waals surface area contributed by atoms with Crippen LogP contribution in [0.4, 0.5) is 5.69 Å². The lowest BCUT2D eigenvalue weighted by molar-refractivity contribution is 0.153. The molecule has 1 aromatic heterocycles. The lowest BCUT2D eigenvalue weighted by atomic mass is 9.92. The molecule has 0 bridgehead atoms. The van der Waals surface area contributed by atoms with Gasteiger partial charge in [0.1, 0.15) is 5.75 Å². The van der Waals surface area contributed by atoms with Crippen molar-refractivity contribution in [2.75, 3.05) is 12.8 Å². The average Bonchev–Trinajstić information content (AvgIpc) is 2.65. The molecule has 2 atom stereocenters. The Balaban J connectivity index is 1.91. The first-order valence-corrected chi connectivity index (χ1v) is 12.0. The second-order valence-corrected chi connectivity index (χ2v) is 11.7. The molecule has 3 rings (SSSR count). The second kappa shape index (κ2) is 8.41. The van der Waals surface area contributed by atoms with E-state index in [2.05, 4.69) is 23.8 Å². The average molecular weight is 414 g/mol. The van der Waals surface area contributed by atoms with Gasteiger partial charge in [-0.05, 0) is 68.4 Å². The number of pyridine rings is 1. The van der Waals surface area contributed by atoms with E-state index >= 15 is 0 Å². The van der Waals surface area contributed by atoms with Crippen LogP contribution in [0.2, 0.25) is 0 Å². The molecular formula is C23H31N2O3P. The van der Waals surface area contributed by atoms with Crippen LogP contribution in [0.5, 0.6) is 5.75 Å². The van der Waals surface area contributed by atoms with Gasteiger partial charge in [-0.1, -0.05) is 26.0 Å². The number of hydrogen-bond acceptors (Lipinski definition) is 5. The smallest absolute Gasteiger partial charge is 0.211 e. The Hall–Kier alpha value is -1.97. The third kappa shape index (κ3) is 5.34. The molecule has 2 unspecified atom stereocenters. The quantitative estimate of drug-likeness (QED) is 0.499. The van der Waals surface area contributed by atoms with Gasteiger partial charge in [0.2, 0.25) is 7.37 Å². The number of phenolic OH excluding ortho intramolecular Hbond substituents is 1. The van der Waals surface area contributed by atoms with Crippen molar-refractivity contribution in [1.29, 1.82) is 0 Å². The number of aliphatic imine (C=N–C) groups is 1. The van der Waals surface area contributed by atoms with Crippen molar-refractivity contribution in [2.24, 2.45) is 10.4 Å². The number of aromatic hydroxyl groups is 1. The summed E-state index contributed by atoms with van der Waals surface area (Å²) in [6.45, 7) is 10.5. The number of nitrogens with zero attached hydrogens (tertiary/aromatic N) is 2. The van der Waals surface area contributed by atoms with Crippen molar-refractivity contribution in [3.63, 3.8) is 0 Å². The molecule has 1 N–H and O–H groups in total. The number of aryl methyl sites for hydroxylation is 3. The molecule has 0 saturated carbocycles. The Kier molecular flexibility index (Phi) is 6.30. The first-order chi connectivity index (χ1) is 13.6. The molecule has 156 valence electrons. The third-order valence-electron chi connectivity index (χ3n) is 5.57. The Labute approximate surface area is 173 Å². The lowest BCUT2D eigenvalue weighted by Crippen LogP contribution is -2.30. The van der Waals surface area contributed by atoms with Gasteiger partial charge in [-0.2, -0.15) is 0 Å². The van der Waals surface area contributed by atoms with Crippen molar-refractivity contribution in [3.05, 3.63) is 52.8 Å². The topological polar surface area (TPSA) is 71.8 Å². The van der Waals surface area contributed by atoms with Crippen molar-refractivity contribution >= 4 is 19.3 Å². The number of phenols is 1. The minimum Gasteiger partial charge on any atom is -0.508 e. The van der Waals surface area contributed by atoms with Gasteiger partial charge >= 0.3 is 0 Å². The van der Waals surface area contributed by atoms with Crippen LogP contribution in [0.25, 0.3) is 0 Å². The SMILES string of the molecule is Cc1ccc(N=CC(Cc2ccc(O)c(C)c2)P2(=O)CCC(C)(C)CO2)c(C)n1. The van der Waals surface area contributed by atoms with E-state index in [1.807, 2.05) is 45.0 Å². The van der Waals surface area contributed by atoms with Crippen LogP contribution in [0, 0.1) is 26.2 Å². The van der Waals surface area contributed by atoms with Gasteiger partial charge in [0, 0.05) is 18.1 Å². The molecule has 0 amide bonds. The highest BCUT2D eigenvalue weighted by Gasteiger charge is 2.40. The summed E-state index contributed by atoms with van der Waals surface area (Å²) in [7, 11) is -2.89. The highest BCUT2D eigenvalue weighted by atomic mass is 31.2. The minimum atomic E-state index is -2.89. The van der Waals surface area contributed by atoms with Crippen LogP contribution in [0.1, 0.15) is 42.8 Å². The van der Waals surface area contributed by atoms with Crippen molar-refractivity contribution in [2.45, 2.75) is 53.1 Å². The summed E-state index contributed by atoms with van der Waals surface area (Å²) in [5.74, 6) is 0.266. The number of hydrogen-bond donors (Lipinski definition) is 1. The number of aromatic nitrogens is 1. The summed E-state index contributed by atoms with van der Waals surface area (Å²) >= 11 is 0. The third-order valence-corrected chi connectivity index (χ3v) is 8.31. The lowest BCUT2D eigenvalue weighted by Gasteiger charge is -2.37. The van der Waals surface area contributed by atoms with E-state index in [0.717, 1.165) is 34.6 Å². The Morgan fingerprint density at radius 3 is 2.66 bits per heavy atom. The van der Waals surface area contributed by atoms with E-state index in [1.165, 1.54) is 0 Å². The van der Waals surface area contributed by atoms with Crippen LogP contribution < -0.4 is 0 Å². The first-order valence-electron chi connectivity index (χ1n) is 10.1. The standard InChI is InChI=1S/C23H31N2O3P/c1-16-12-19(7-9-22(16)26)13-20(29(27)11-10-23(4,5)15-28-29)14-24-21-8-6-17(2)25-18(21)3/h6-9,12,14,20,26H,10-11,13,15H2,1-5H3. The van der Waals surface area contributed by atoms with E-state index in [0.29, 0.717) is 19.2 Å². The normalized spacial score (nSPS) is 22.7. The second-order valence-electron chi connectivity index (χ2n) is 8.87. The van der Waals surface area contributed by atoms with E-state index < -0.39 is 7.37 Å². The predicted molar refractivity (Wildman–Crippen MR) is 119 cm³/mol. The maximum absolute atomic E-state index is 13.8. The zero-order valence-corrected chi connectivity index (χ0v) is 18.9. The maximum atomic E-state index is 13.8. The van der Waals surface area contributed by atoms with Gasteiger partial charge in [-0.15, -0.1) is 0 Å². The Bertz CT molecular complexity index is 955. The van der Waals surface area contributed by atoms with Gasteiger partial charge < -0.3 is 9.63 Å². The van der Waals surface area contributed by atoms with Crippen LogP contribution >= 0.6 is 7.37 Å². The van der Waals surface area contributed by atoms with Gasteiger partial charge in [-0.3, -0.25) is 14.5 Å². The molecule has 1 aliphatic heterocycles. The van der Waals surface area contributed by atoms with Gasteiger partial charge in [0.15, 0.2) is 0 Å². The summed E-state index contributed by atoms with van der Waals surface area (Å²) in [4.78, 5) is 9.11. The van der Waals surface area contributed by atoms with E-state index in [-0.39, 0.29) is 16.8 Å². The van der Waals surface area contributed by atoms with E-state index in [4.69, 9.17) is 4.52 Å². The van der Waals surface area contributed by atoms with Crippen molar-refractivity contribution in [1.82, 2.24) is 4.98 Å². The van der Waals surface area contributed by atoms with Crippen LogP contribution in [-0.4, -0.2) is 34.7 Å². The van der Waals surface area contributed by atoms with Gasteiger partial charge in [0.05, 0.1) is 23.6 Å². The summed E-state index contributed by atoms with van der Waals surface area (Å²) in [6.07, 6.45) is 3.77. The molecule has 1 saturated heterocycles. The number of rotatable bonds is 5. The molecule has 6 heteroatoms. The molecule has 29 heavy (non-hydrogen) atoms. The summed E-state index contributed by atoms with van der Waals surface area (Å²) in [5, 5.41) is 9.83. The van der Waals surface area contributed by atoms with Crippen molar-refractivity contribution < 1.29 is 14.2 Å². The molecule has 5 nitrogen and oxygen atoms in total. The van der Waals surface area contributed by atoms with E-state index in [9.17, 15) is 9.67 Å². The highest BCUT2D eigenvalue weighted by Crippen LogP contribution is 2.58. The predicted octanol–water partition coefficient (Wildman–Crippen LogP) is 5.75. The largest absolute Gasteiger partial charge is 0.508 e. The molecule has 1 aromatic carbocycles. The highest BCUT2D eigenvalue weighted by molar-refractivity contribution is 7.60. The molecule has 1 aliphatic rings.